The van der Waals surface area contributed by atoms with Gasteiger partial charge in [0, 0.05) is 23.4 Å². The summed E-state index contributed by atoms with van der Waals surface area (Å²) in [6.45, 7) is 4.29. The Morgan fingerprint density at radius 2 is 2.46 bits per heavy atom. The third-order valence-corrected chi connectivity index (χ3v) is 1.62. The van der Waals surface area contributed by atoms with Crippen molar-refractivity contribution >= 4 is 21.8 Å². The SMILES string of the molecule is C=C(Br)CNC(=O)Cn1cccn1. The van der Waals surface area contributed by atoms with Crippen LogP contribution in [-0.4, -0.2) is 22.2 Å². The van der Waals surface area contributed by atoms with Gasteiger partial charge in [-0.1, -0.05) is 22.5 Å². The van der Waals surface area contributed by atoms with Gasteiger partial charge in [0.2, 0.25) is 5.91 Å². The summed E-state index contributed by atoms with van der Waals surface area (Å²) in [5, 5.41) is 6.58. The van der Waals surface area contributed by atoms with Crippen molar-refractivity contribution in [2.24, 2.45) is 0 Å². The molecule has 1 heterocycles. The first-order valence-corrected chi connectivity index (χ1v) is 4.55. The minimum absolute atomic E-state index is 0.0794. The van der Waals surface area contributed by atoms with E-state index < -0.39 is 0 Å². The average Bonchev–Trinajstić information content (AvgIpc) is 2.53. The van der Waals surface area contributed by atoms with Crippen LogP contribution in [0.2, 0.25) is 0 Å². The highest BCUT2D eigenvalue weighted by Gasteiger charge is 2.01. The van der Waals surface area contributed by atoms with Crippen LogP contribution in [0.4, 0.5) is 0 Å². The molecule has 4 nitrogen and oxygen atoms in total. The fourth-order valence-electron chi connectivity index (χ4n) is 0.792. The Labute approximate surface area is 84.8 Å². The molecule has 0 saturated heterocycles. The normalized spacial score (nSPS) is 9.62. The van der Waals surface area contributed by atoms with Crippen LogP contribution in [0.1, 0.15) is 0 Å². The minimum Gasteiger partial charge on any atom is -0.350 e. The minimum atomic E-state index is -0.0794. The molecule has 13 heavy (non-hydrogen) atoms. The second-order valence-corrected chi connectivity index (χ2v) is 3.62. The fraction of sp³-hybridized carbons (Fsp3) is 0.250. The van der Waals surface area contributed by atoms with E-state index in [0.29, 0.717) is 6.54 Å². The highest BCUT2D eigenvalue weighted by atomic mass is 79.9. The van der Waals surface area contributed by atoms with E-state index in [0.717, 1.165) is 4.48 Å². The Kier molecular flexibility index (Phi) is 3.70. The summed E-state index contributed by atoms with van der Waals surface area (Å²) < 4.78 is 2.31. The van der Waals surface area contributed by atoms with Crippen LogP contribution < -0.4 is 5.32 Å². The van der Waals surface area contributed by atoms with Crippen molar-refractivity contribution in [2.45, 2.75) is 6.54 Å². The number of nitrogens with one attached hydrogen (secondary N) is 1. The summed E-state index contributed by atoms with van der Waals surface area (Å²) in [6, 6.07) is 1.77. The molecule has 0 bridgehead atoms. The second-order valence-electron chi connectivity index (χ2n) is 2.50. The maximum Gasteiger partial charge on any atom is 0.242 e. The van der Waals surface area contributed by atoms with Crippen molar-refractivity contribution in [3.8, 4) is 0 Å². The lowest BCUT2D eigenvalue weighted by Gasteiger charge is -2.03. The van der Waals surface area contributed by atoms with Gasteiger partial charge in [0.1, 0.15) is 6.54 Å². The Morgan fingerprint density at radius 1 is 1.69 bits per heavy atom. The highest BCUT2D eigenvalue weighted by molar-refractivity contribution is 9.11. The molecule has 0 aliphatic heterocycles. The molecule has 0 fully saturated rings. The van der Waals surface area contributed by atoms with Crippen LogP contribution >= 0.6 is 15.9 Å². The third-order valence-electron chi connectivity index (χ3n) is 1.34. The van der Waals surface area contributed by atoms with Gasteiger partial charge in [-0.05, 0) is 6.07 Å². The molecule has 0 aliphatic rings. The van der Waals surface area contributed by atoms with E-state index >= 15 is 0 Å². The number of aromatic nitrogens is 2. The molecule has 0 spiro atoms. The van der Waals surface area contributed by atoms with E-state index in [1.54, 1.807) is 23.1 Å². The number of nitrogens with zero attached hydrogens (tertiary/aromatic N) is 2. The van der Waals surface area contributed by atoms with Crippen molar-refractivity contribution in [1.82, 2.24) is 15.1 Å². The molecule has 0 radical (unpaired) electrons. The smallest absolute Gasteiger partial charge is 0.242 e. The van der Waals surface area contributed by atoms with Crippen LogP contribution in [0.25, 0.3) is 0 Å². The van der Waals surface area contributed by atoms with Gasteiger partial charge in [0.15, 0.2) is 0 Å². The second kappa shape index (κ2) is 4.81. The zero-order chi connectivity index (χ0) is 9.68. The first kappa shape index (κ1) is 9.98. The Balaban J connectivity index is 2.30. The maximum absolute atomic E-state index is 11.2. The lowest BCUT2D eigenvalue weighted by atomic mass is 10.5. The standard InChI is InChI=1S/C8H10BrN3O/c1-7(9)5-10-8(13)6-12-4-2-3-11-12/h2-4H,1,5-6H2,(H,10,13). The molecular formula is C8H10BrN3O. The van der Waals surface area contributed by atoms with Crippen molar-refractivity contribution < 1.29 is 4.79 Å². The highest BCUT2D eigenvalue weighted by Crippen LogP contribution is 1.96. The Morgan fingerprint density at radius 3 is 3.00 bits per heavy atom. The molecule has 70 valence electrons. The summed E-state index contributed by atoms with van der Waals surface area (Å²) >= 11 is 3.15. The predicted molar refractivity (Wildman–Crippen MR) is 53.3 cm³/mol. The lowest BCUT2D eigenvalue weighted by molar-refractivity contribution is -0.121. The van der Waals surface area contributed by atoms with Gasteiger partial charge < -0.3 is 5.32 Å². The van der Waals surface area contributed by atoms with Crippen molar-refractivity contribution in [2.75, 3.05) is 6.54 Å². The number of halogens is 1. The van der Waals surface area contributed by atoms with Gasteiger partial charge in [-0.3, -0.25) is 9.48 Å². The molecule has 1 N–H and O–H groups in total. The van der Waals surface area contributed by atoms with Gasteiger partial charge in [-0.15, -0.1) is 0 Å². The summed E-state index contributed by atoms with van der Waals surface area (Å²) in [4.78, 5) is 11.2. The number of hydrogen-bond donors (Lipinski definition) is 1. The number of amides is 1. The zero-order valence-corrected chi connectivity index (χ0v) is 8.62. The van der Waals surface area contributed by atoms with Crippen LogP contribution in [-0.2, 0) is 11.3 Å². The van der Waals surface area contributed by atoms with Crippen LogP contribution in [0, 0.1) is 0 Å². The molecule has 1 aromatic rings. The van der Waals surface area contributed by atoms with Gasteiger partial charge in [-0.2, -0.15) is 5.10 Å². The van der Waals surface area contributed by atoms with E-state index in [1.165, 1.54) is 0 Å². The topological polar surface area (TPSA) is 46.9 Å². The quantitative estimate of drug-likeness (QED) is 0.855. The Bertz CT molecular complexity index is 294. The monoisotopic (exact) mass is 243 g/mol. The van der Waals surface area contributed by atoms with E-state index in [4.69, 9.17) is 0 Å². The van der Waals surface area contributed by atoms with Gasteiger partial charge in [-0.25, -0.2) is 0 Å². The largest absolute Gasteiger partial charge is 0.350 e. The van der Waals surface area contributed by atoms with Gasteiger partial charge in [0.05, 0.1) is 0 Å². The van der Waals surface area contributed by atoms with Crippen LogP contribution in [0.5, 0.6) is 0 Å². The zero-order valence-electron chi connectivity index (χ0n) is 7.03. The molecule has 0 saturated carbocycles. The van der Waals surface area contributed by atoms with Gasteiger partial charge >= 0.3 is 0 Å². The summed E-state index contributed by atoms with van der Waals surface area (Å²) in [6.07, 6.45) is 3.37. The molecular weight excluding hydrogens is 234 g/mol. The van der Waals surface area contributed by atoms with E-state index in [-0.39, 0.29) is 12.5 Å². The maximum atomic E-state index is 11.2. The number of rotatable bonds is 4. The van der Waals surface area contributed by atoms with E-state index in [1.807, 2.05) is 0 Å². The first-order chi connectivity index (χ1) is 6.18. The molecule has 0 aromatic carbocycles. The number of hydrogen-bond acceptors (Lipinski definition) is 2. The van der Waals surface area contributed by atoms with E-state index in [2.05, 4.69) is 32.9 Å². The lowest BCUT2D eigenvalue weighted by Crippen LogP contribution is -2.28. The van der Waals surface area contributed by atoms with Crippen LogP contribution in [0.3, 0.4) is 0 Å². The van der Waals surface area contributed by atoms with Gasteiger partial charge in [0.25, 0.3) is 0 Å². The molecule has 1 rings (SSSR count). The number of carbonyl (C=O) groups excluding carboxylic acids is 1. The third kappa shape index (κ3) is 3.89. The summed E-state index contributed by atoms with van der Waals surface area (Å²) in [5.74, 6) is -0.0794. The van der Waals surface area contributed by atoms with Crippen molar-refractivity contribution in [3.63, 3.8) is 0 Å². The molecule has 1 amide bonds. The number of carbonyl (C=O) groups is 1. The first-order valence-electron chi connectivity index (χ1n) is 3.76. The molecule has 5 heteroatoms. The summed E-state index contributed by atoms with van der Waals surface area (Å²) in [7, 11) is 0. The van der Waals surface area contributed by atoms with Crippen LogP contribution in [0.15, 0.2) is 29.5 Å². The molecule has 1 aromatic heterocycles. The molecule has 0 aliphatic carbocycles. The van der Waals surface area contributed by atoms with Crippen molar-refractivity contribution in [3.05, 3.63) is 29.5 Å². The predicted octanol–water partition coefficient (Wildman–Crippen LogP) is 0.908. The van der Waals surface area contributed by atoms with Crippen molar-refractivity contribution in [1.29, 1.82) is 0 Å². The Hall–Kier alpha value is -1.10. The fourth-order valence-corrected chi connectivity index (χ4v) is 0.932. The van der Waals surface area contributed by atoms with E-state index in [9.17, 15) is 4.79 Å². The average molecular weight is 244 g/mol. The summed E-state index contributed by atoms with van der Waals surface area (Å²) in [5.41, 5.74) is 0. The molecule has 0 atom stereocenters. The molecule has 0 unspecified atom stereocenters.